The Labute approximate surface area is 121 Å². The molecule has 20 heavy (non-hydrogen) atoms. The van der Waals surface area contributed by atoms with Gasteiger partial charge in [0.05, 0.1) is 11.6 Å². The van der Waals surface area contributed by atoms with E-state index in [1.165, 1.54) is 22.3 Å². The van der Waals surface area contributed by atoms with Crippen LogP contribution in [0.3, 0.4) is 0 Å². The van der Waals surface area contributed by atoms with Crippen molar-refractivity contribution in [2.45, 2.75) is 39.5 Å². The molecular weight excluding hydrogens is 242 g/mol. The van der Waals surface area contributed by atoms with E-state index in [0.717, 1.165) is 5.56 Å². The molecule has 2 aromatic carbocycles. The zero-order valence-corrected chi connectivity index (χ0v) is 12.6. The molecule has 0 saturated carbocycles. The average molecular weight is 263 g/mol. The molecule has 0 radical (unpaired) electrons. The van der Waals surface area contributed by atoms with Gasteiger partial charge < -0.3 is 0 Å². The Morgan fingerprint density at radius 3 is 2.05 bits per heavy atom. The zero-order valence-electron chi connectivity index (χ0n) is 12.6. The van der Waals surface area contributed by atoms with Crippen molar-refractivity contribution >= 4 is 0 Å². The highest BCUT2D eigenvalue weighted by atomic mass is 14.3. The molecule has 2 aromatic rings. The molecule has 0 aliphatic heterocycles. The summed E-state index contributed by atoms with van der Waals surface area (Å²) in [6.07, 6.45) is 0. The first-order chi connectivity index (χ1) is 9.54. The quantitative estimate of drug-likeness (QED) is 0.720. The van der Waals surface area contributed by atoms with Gasteiger partial charge in [0.1, 0.15) is 0 Å². The van der Waals surface area contributed by atoms with Crippen LogP contribution in [0.2, 0.25) is 0 Å². The van der Waals surface area contributed by atoms with E-state index in [2.05, 4.69) is 45.9 Å². The maximum Gasteiger partial charge on any atom is 0.0991 e. The van der Waals surface area contributed by atoms with E-state index < -0.39 is 0 Å². The summed E-state index contributed by atoms with van der Waals surface area (Å²) in [4.78, 5) is 0. The summed E-state index contributed by atoms with van der Waals surface area (Å²) < 4.78 is 0. The zero-order chi connectivity index (χ0) is 14.7. The average Bonchev–Trinajstić information content (AvgIpc) is 2.46. The number of nitriles is 1. The maximum atomic E-state index is 9.29. The number of rotatable bonds is 3. The Morgan fingerprint density at radius 1 is 0.900 bits per heavy atom. The van der Waals surface area contributed by atoms with E-state index in [9.17, 15) is 5.26 Å². The lowest BCUT2D eigenvalue weighted by atomic mass is 9.83. The number of hydrogen-bond acceptors (Lipinski definition) is 1. The van der Waals surface area contributed by atoms with Crippen LogP contribution in [0.1, 0.15) is 56.2 Å². The van der Waals surface area contributed by atoms with E-state index in [0.29, 0.717) is 11.8 Å². The molecule has 0 heterocycles. The molecule has 0 fully saturated rings. The fraction of sp³-hybridized carbons (Fsp3) is 0.316. The Balaban J connectivity index is 2.78. The molecule has 0 saturated heterocycles. The first kappa shape index (κ1) is 14.3. The van der Waals surface area contributed by atoms with E-state index in [1.807, 2.05) is 30.3 Å². The summed E-state index contributed by atoms with van der Waals surface area (Å²) in [5.74, 6) is 0.860. The van der Waals surface area contributed by atoms with E-state index in [4.69, 9.17) is 0 Å². The normalized spacial score (nSPS) is 10.8. The van der Waals surface area contributed by atoms with Crippen LogP contribution in [0, 0.1) is 11.3 Å². The molecule has 102 valence electrons. The second kappa shape index (κ2) is 5.92. The number of benzene rings is 2. The third kappa shape index (κ3) is 2.75. The summed E-state index contributed by atoms with van der Waals surface area (Å²) in [5, 5.41) is 9.29. The standard InChI is InChI=1S/C19H21N/c1-13(2)17-10-15(12-20)11-18(19(17)14(3)4)16-8-6-5-7-9-16/h5-11,13-14H,1-4H3. The Morgan fingerprint density at radius 2 is 1.55 bits per heavy atom. The van der Waals surface area contributed by atoms with Gasteiger partial charge in [-0.3, -0.25) is 0 Å². The van der Waals surface area contributed by atoms with Crippen LogP contribution in [-0.2, 0) is 0 Å². The monoisotopic (exact) mass is 263 g/mol. The first-order valence-corrected chi connectivity index (χ1v) is 7.18. The Bertz CT molecular complexity index is 631. The van der Waals surface area contributed by atoms with Crippen LogP contribution in [-0.4, -0.2) is 0 Å². The highest BCUT2D eigenvalue weighted by Crippen LogP contribution is 2.36. The third-order valence-corrected chi connectivity index (χ3v) is 3.63. The van der Waals surface area contributed by atoms with Crippen molar-refractivity contribution in [1.29, 1.82) is 5.26 Å². The molecule has 0 aliphatic rings. The van der Waals surface area contributed by atoms with Crippen LogP contribution >= 0.6 is 0 Å². The largest absolute Gasteiger partial charge is 0.192 e. The fourth-order valence-electron chi connectivity index (χ4n) is 2.72. The van der Waals surface area contributed by atoms with Gasteiger partial charge in [-0.15, -0.1) is 0 Å². The summed E-state index contributed by atoms with van der Waals surface area (Å²) >= 11 is 0. The minimum absolute atomic E-state index is 0.420. The highest BCUT2D eigenvalue weighted by molar-refractivity contribution is 5.71. The number of nitrogens with zero attached hydrogens (tertiary/aromatic N) is 1. The molecule has 1 heteroatoms. The Kier molecular flexibility index (Phi) is 4.25. The molecule has 0 aromatic heterocycles. The van der Waals surface area contributed by atoms with Crippen molar-refractivity contribution in [1.82, 2.24) is 0 Å². The van der Waals surface area contributed by atoms with Gasteiger partial charge in [-0.2, -0.15) is 5.26 Å². The van der Waals surface area contributed by atoms with Crippen molar-refractivity contribution in [2.24, 2.45) is 0 Å². The first-order valence-electron chi connectivity index (χ1n) is 7.18. The summed E-state index contributed by atoms with van der Waals surface area (Å²) in [6.45, 7) is 8.83. The molecule has 1 nitrogen and oxygen atoms in total. The SMILES string of the molecule is CC(C)c1cc(C#N)cc(-c2ccccc2)c1C(C)C. The van der Waals surface area contributed by atoms with Crippen molar-refractivity contribution in [2.75, 3.05) is 0 Å². The Hall–Kier alpha value is -2.07. The topological polar surface area (TPSA) is 23.8 Å². The summed E-state index contributed by atoms with van der Waals surface area (Å²) in [6, 6.07) is 16.7. The number of hydrogen-bond donors (Lipinski definition) is 0. The van der Waals surface area contributed by atoms with Crippen molar-refractivity contribution in [3.8, 4) is 17.2 Å². The van der Waals surface area contributed by atoms with Gasteiger partial charge in [0, 0.05) is 0 Å². The van der Waals surface area contributed by atoms with E-state index in [-0.39, 0.29) is 0 Å². The van der Waals surface area contributed by atoms with Gasteiger partial charge in [-0.1, -0.05) is 58.0 Å². The molecule has 0 N–H and O–H groups in total. The molecule has 0 bridgehead atoms. The molecule has 0 atom stereocenters. The molecule has 0 aliphatic carbocycles. The second-order valence-corrected chi connectivity index (χ2v) is 5.81. The molecule has 0 unspecified atom stereocenters. The van der Waals surface area contributed by atoms with Crippen LogP contribution < -0.4 is 0 Å². The molecule has 0 amide bonds. The third-order valence-electron chi connectivity index (χ3n) is 3.63. The van der Waals surface area contributed by atoms with Crippen LogP contribution in [0.5, 0.6) is 0 Å². The van der Waals surface area contributed by atoms with Gasteiger partial charge in [0.2, 0.25) is 0 Å². The highest BCUT2D eigenvalue weighted by Gasteiger charge is 2.17. The minimum Gasteiger partial charge on any atom is -0.192 e. The maximum absolute atomic E-state index is 9.29. The lowest BCUT2D eigenvalue weighted by Gasteiger charge is -2.21. The predicted octanol–water partition coefficient (Wildman–Crippen LogP) is 5.47. The van der Waals surface area contributed by atoms with E-state index >= 15 is 0 Å². The van der Waals surface area contributed by atoms with Gasteiger partial charge in [0.15, 0.2) is 0 Å². The molecule has 0 spiro atoms. The van der Waals surface area contributed by atoms with Gasteiger partial charge in [-0.25, -0.2) is 0 Å². The minimum atomic E-state index is 0.420. The molecular formula is C19H21N. The summed E-state index contributed by atoms with van der Waals surface area (Å²) in [7, 11) is 0. The van der Waals surface area contributed by atoms with Crippen LogP contribution in [0.15, 0.2) is 42.5 Å². The van der Waals surface area contributed by atoms with Crippen molar-refractivity contribution in [3.05, 3.63) is 59.2 Å². The fourth-order valence-corrected chi connectivity index (χ4v) is 2.72. The predicted molar refractivity (Wildman–Crippen MR) is 84.8 cm³/mol. The lowest BCUT2D eigenvalue weighted by molar-refractivity contribution is 0.791. The molecule has 2 rings (SSSR count). The lowest BCUT2D eigenvalue weighted by Crippen LogP contribution is -2.03. The van der Waals surface area contributed by atoms with Crippen molar-refractivity contribution in [3.63, 3.8) is 0 Å². The second-order valence-electron chi connectivity index (χ2n) is 5.81. The summed E-state index contributed by atoms with van der Waals surface area (Å²) in [5.41, 5.74) is 5.79. The smallest absolute Gasteiger partial charge is 0.0991 e. The van der Waals surface area contributed by atoms with Gasteiger partial charge >= 0.3 is 0 Å². The van der Waals surface area contributed by atoms with E-state index in [1.54, 1.807) is 0 Å². The van der Waals surface area contributed by atoms with Gasteiger partial charge in [0.25, 0.3) is 0 Å². The van der Waals surface area contributed by atoms with Gasteiger partial charge in [-0.05, 0) is 46.2 Å². The van der Waals surface area contributed by atoms with Crippen molar-refractivity contribution < 1.29 is 0 Å². The van der Waals surface area contributed by atoms with Crippen LogP contribution in [0.4, 0.5) is 0 Å². The van der Waals surface area contributed by atoms with Crippen LogP contribution in [0.25, 0.3) is 11.1 Å².